The Labute approximate surface area is 124 Å². The van der Waals surface area contributed by atoms with Gasteiger partial charge in [-0.05, 0) is 56.1 Å². The molecule has 1 aromatic carbocycles. The summed E-state index contributed by atoms with van der Waals surface area (Å²) in [6.45, 7) is 6.33. The van der Waals surface area contributed by atoms with Crippen LogP contribution < -0.4 is 5.32 Å². The summed E-state index contributed by atoms with van der Waals surface area (Å²) in [7, 11) is 0. The summed E-state index contributed by atoms with van der Waals surface area (Å²) in [4.78, 5) is 0. The highest BCUT2D eigenvalue weighted by Crippen LogP contribution is 2.10. The van der Waals surface area contributed by atoms with E-state index in [2.05, 4.69) is 12.2 Å². The van der Waals surface area contributed by atoms with E-state index >= 15 is 0 Å². The van der Waals surface area contributed by atoms with Gasteiger partial charge < -0.3 is 5.32 Å². The Morgan fingerprint density at radius 3 is 2.35 bits per heavy atom. The van der Waals surface area contributed by atoms with E-state index < -0.39 is 0 Å². The van der Waals surface area contributed by atoms with E-state index in [1.807, 2.05) is 13.0 Å². The van der Waals surface area contributed by atoms with Gasteiger partial charge in [0.15, 0.2) is 0 Å². The Kier molecular flexibility index (Phi) is 9.31. The zero-order chi connectivity index (χ0) is 14.6. The van der Waals surface area contributed by atoms with E-state index in [0.717, 1.165) is 25.1 Å². The Hall–Kier alpha value is -0.890. The van der Waals surface area contributed by atoms with Crippen LogP contribution >= 0.6 is 0 Å². The monoisotopic (exact) mass is 279 g/mol. The van der Waals surface area contributed by atoms with Gasteiger partial charge in [-0.2, -0.15) is 0 Å². The third-order valence-electron chi connectivity index (χ3n) is 3.83. The zero-order valence-electron chi connectivity index (χ0n) is 13.2. The molecule has 20 heavy (non-hydrogen) atoms. The predicted molar refractivity (Wildman–Crippen MR) is 85.7 cm³/mol. The first-order valence-corrected chi connectivity index (χ1v) is 8.19. The lowest BCUT2D eigenvalue weighted by Gasteiger charge is -2.07. The smallest absolute Gasteiger partial charge is 0.123 e. The normalized spacial score (nSPS) is 10.9. The molecule has 0 spiro atoms. The van der Waals surface area contributed by atoms with Crippen molar-refractivity contribution in [3.63, 3.8) is 0 Å². The van der Waals surface area contributed by atoms with Crippen molar-refractivity contribution in [3.05, 3.63) is 35.1 Å². The maximum Gasteiger partial charge on any atom is 0.123 e. The second-order valence-electron chi connectivity index (χ2n) is 5.69. The maximum atomic E-state index is 13.0. The molecule has 1 aromatic rings. The molecule has 0 aliphatic heterocycles. The average Bonchev–Trinajstić information content (AvgIpc) is 2.43. The topological polar surface area (TPSA) is 12.0 Å². The third-order valence-corrected chi connectivity index (χ3v) is 3.83. The number of hydrogen-bond acceptors (Lipinski definition) is 1. The SMILES string of the molecule is CCCCCCCCCNCCc1ccc(F)cc1C. The minimum Gasteiger partial charge on any atom is -0.316 e. The van der Waals surface area contributed by atoms with Gasteiger partial charge in [0.25, 0.3) is 0 Å². The molecule has 1 N–H and O–H groups in total. The highest BCUT2D eigenvalue weighted by molar-refractivity contribution is 5.26. The maximum absolute atomic E-state index is 13.0. The van der Waals surface area contributed by atoms with Crippen LogP contribution in [0.25, 0.3) is 0 Å². The van der Waals surface area contributed by atoms with Crippen molar-refractivity contribution < 1.29 is 4.39 Å². The molecule has 0 aromatic heterocycles. The molecule has 0 saturated heterocycles. The minimum atomic E-state index is -0.137. The molecule has 0 atom stereocenters. The van der Waals surface area contributed by atoms with Gasteiger partial charge in [0.05, 0.1) is 0 Å². The Morgan fingerprint density at radius 1 is 0.950 bits per heavy atom. The first-order chi connectivity index (χ1) is 9.74. The fourth-order valence-corrected chi connectivity index (χ4v) is 2.49. The molecule has 1 rings (SSSR count). The van der Waals surface area contributed by atoms with Crippen LogP contribution in [0.2, 0.25) is 0 Å². The highest BCUT2D eigenvalue weighted by atomic mass is 19.1. The van der Waals surface area contributed by atoms with E-state index in [1.54, 1.807) is 12.1 Å². The molecule has 0 saturated carbocycles. The number of unbranched alkanes of at least 4 members (excludes halogenated alkanes) is 6. The summed E-state index contributed by atoms with van der Waals surface area (Å²) < 4.78 is 13.0. The number of benzene rings is 1. The van der Waals surface area contributed by atoms with Crippen molar-refractivity contribution in [3.8, 4) is 0 Å². The lowest BCUT2D eigenvalue weighted by atomic mass is 10.1. The lowest BCUT2D eigenvalue weighted by molar-refractivity contribution is 0.563. The number of aryl methyl sites for hydroxylation is 1. The van der Waals surface area contributed by atoms with Crippen molar-refractivity contribution in [1.29, 1.82) is 0 Å². The van der Waals surface area contributed by atoms with Gasteiger partial charge in [0, 0.05) is 0 Å². The average molecular weight is 279 g/mol. The second-order valence-corrected chi connectivity index (χ2v) is 5.69. The first kappa shape index (κ1) is 17.2. The van der Waals surface area contributed by atoms with E-state index in [-0.39, 0.29) is 5.82 Å². The summed E-state index contributed by atoms with van der Waals surface area (Å²) in [6, 6.07) is 5.07. The van der Waals surface area contributed by atoms with Gasteiger partial charge in [-0.1, -0.05) is 51.5 Å². The van der Waals surface area contributed by atoms with Gasteiger partial charge in [0.1, 0.15) is 5.82 Å². The lowest BCUT2D eigenvalue weighted by Crippen LogP contribution is -2.18. The molecular weight excluding hydrogens is 249 g/mol. The predicted octanol–water partition coefficient (Wildman–Crippen LogP) is 5.02. The number of nitrogens with one attached hydrogen (secondary N) is 1. The van der Waals surface area contributed by atoms with E-state index in [9.17, 15) is 4.39 Å². The summed E-state index contributed by atoms with van der Waals surface area (Å²) in [5.74, 6) is -0.137. The number of hydrogen-bond donors (Lipinski definition) is 1. The molecule has 1 nitrogen and oxygen atoms in total. The van der Waals surface area contributed by atoms with Crippen LogP contribution in [0.3, 0.4) is 0 Å². The molecule has 0 unspecified atom stereocenters. The van der Waals surface area contributed by atoms with Crippen LogP contribution in [0.15, 0.2) is 18.2 Å². The second kappa shape index (κ2) is 10.8. The van der Waals surface area contributed by atoms with Crippen LogP contribution in [0.5, 0.6) is 0 Å². The van der Waals surface area contributed by atoms with Crippen LogP contribution in [-0.4, -0.2) is 13.1 Å². The van der Waals surface area contributed by atoms with E-state index in [1.165, 1.54) is 50.5 Å². The molecule has 0 bridgehead atoms. The van der Waals surface area contributed by atoms with Crippen molar-refractivity contribution in [2.24, 2.45) is 0 Å². The fourth-order valence-electron chi connectivity index (χ4n) is 2.49. The molecule has 0 amide bonds. The summed E-state index contributed by atoms with van der Waals surface area (Å²) >= 11 is 0. The van der Waals surface area contributed by atoms with Crippen LogP contribution in [0.1, 0.15) is 63.0 Å². The highest BCUT2D eigenvalue weighted by Gasteiger charge is 1.99. The van der Waals surface area contributed by atoms with Crippen LogP contribution in [-0.2, 0) is 6.42 Å². The number of rotatable bonds is 11. The summed E-state index contributed by atoms with van der Waals surface area (Å²) in [5.41, 5.74) is 2.31. The van der Waals surface area contributed by atoms with Gasteiger partial charge in [-0.3, -0.25) is 0 Å². The largest absolute Gasteiger partial charge is 0.316 e. The molecule has 0 heterocycles. The quantitative estimate of drug-likeness (QED) is 0.561. The molecule has 0 aliphatic carbocycles. The van der Waals surface area contributed by atoms with Crippen molar-refractivity contribution in [2.75, 3.05) is 13.1 Å². The van der Waals surface area contributed by atoms with Gasteiger partial charge >= 0.3 is 0 Å². The molecule has 0 aliphatic rings. The summed E-state index contributed by atoms with van der Waals surface area (Å²) in [5, 5.41) is 3.48. The molecular formula is C18H30FN. The van der Waals surface area contributed by atoms with Crippen LogP contribution in [0.4, 0.5) is 4.39 Å². The number of halogens is 1. The standard InChI is InChI=1S/C18H30FN/c1-3-4-5-6-7-8-9-13-20-14-12-17-10-11-18(19)15-16(17)2/h10-11,15,20H,3-9,12-14H2,1-2H3. The Balaban J connectivity index is 1.97. The minimum absolute atomic E-state index is 0.137. The molecule has 2 heteroatoms. The fraction of sp³-hybridized carbons (Fsp3) is 0.667. The molecule has 114 valence electrons. The van der Waals surface area contributed by atoms with Crippen LogP contribution in [0, 0.1) is 12.7 Å². The molecule has 0 fully saturated rings. The van der Waals surface area contributed by atoms with Crippen molar-refractivity contribution in [1.82, 2.24) is 5.32 Å². The van der Waals surface area contributed by atoms with Gasteiger partial charge in [-0.25, -0.2) is 4.39 Å². The Morgan fingerprint density at radius 2 is 1.65 bits per heavy atom. The van der Waals surface area contributed by atoms with E-state index in [0.29, 0.717) is 0 Å². The zero-order valence-corrected chi connectivity index (χ0v) is 13.2. The summed E-state index contributed by atoms with van der Waals surface area (Å²) in [6.07, 6.45) is 10.5. The van der Waals surface area contributed by atoms with Gasteiger partial charge in [-0.15, -0.1) is 0 Å². The van der Waals surface area contributed by atoms with Crippen molar-refractivity contribution >= 4 is 0 Å². The Bertz CT molecular complexity index is 362. The van der Waals surface area contributed by atoms with Gasteiger partial charge in [0.2, 0.25) is 0 Å². The van der Waals surface area contributed by atoms with Crippen molar-refractivity contribution in [2.45, 2.75) is 65.2 Å². The first-order valence-electron chi connectivity index (χ1n) is 8.19. The third kappa shape index (κ3) is 7.64. The molecule has 0 radical (unpaired) electrons. The van der Waals surface area contributed by atoms with E-state index in [4.69, 9.17) is 0 Å².